The zero-order valence-corrected chi connectivity index (χ0v) is 14.5. The number of piperazine rings is 1. The number of ether oxygens (including phenoxy) is 1. The summed E-state index contributed by atoms with van der Waals surface area (Å²) in [6.07, 6.45) is 0. The molecule has 2 rings (SSSR count). The molecule has 128 valence electrons. The lowest BCUT2D eigenvalue weighted by atomic mass is 10.3. The zero-order valence-electron chi connectivity index (χ0n) is 13.7. The van der Waals surface area contributed by atoms with Crippen molar-refractivity contribution in [3.05, 3.63) is 24.3 Å². The molecule has 7 nitrogen and oxygen atoms in total. The van der Waals surface area contributed by atoms with Gasteiger partial charge in [0.2, 0.25) is 10.0 Å². The van der Waals surface area contributed by atoms with Crippen LogP contribution in [-0.4, -0.2) is 82.4 Å². The summed E-state index contributed by atoms with van der Waals surface area (Å²) < 4.78 is 30.5. The first-order valence-corrected chi connectivity index (χ1v) is 8.86. The summed E-state index contributed by atoms with van der Waals surface area (Å²) in [6, 6.07) is 6.08. The van der Waals surface area contributed by atoms with E-state index in [1.54, 1.807) is 17.0 Å². The third-order valence-corrected chi connectivity index (χ3v) is 5.65. The SMILES string of the molecule is CN1CCN(C(=O)COc2ccc(S(=O)(=O)N(C)C)cc2)CC1. The Kier molecular flexibility index (Phi) is 5.61. The third kappa shape index (κ3) is 4.43. The molecule has 0 radical (unpaired) electrons. The Morgan fingerprint density at radius 1 is 1.13 bits per heavy atom. The smallest absolute Gasteiger partial charge is 0.260 e. The van der Waals surface area contributed by atoms with Crippen LogP contribution >= 0.6 is 0 Å². The van der Waals surface area contributed by atoms with Crippen molar-refractivity contribution in [3.63, 3.8) is 0 Å². The van der Waals surface area contributed by atoms with E-state index >= 15 is 0 Å². The molecule has 0 N–H and O–H groups in total. The van der Waals surface area contributed by atoms with Gasteiger partial charge in [-0.3, -0.25) is 4.79 Å². The minimum atomic E-state index is -3.45. The van der Waals surface area contributed by atoms with Gasteiger partial charge in [-0.1, -0.05) is 0 Å². The Bertz CT molecular complexity index is 635. The number of amides is 1. The van der Waals surface area contributed by atoms with Gasteiger partial charge >= 0.3 is 0 Å². The van der Waals surface area contributed by atoms with Crippen LogP contribution in [0.4, 0.5) is 0 Å². The minimum Gasteiger partial charge on any atom is -0.484 e. The van der Waals surface area contributed by atoms with Crippen molar-refractivity contribution < 1.29 is 17.9 Å². The number of nitrogens with zero attached hydrogens (tertiary/aromatic N) is 3. The third-order valence-electron chi connectivity index (χ3n) is 3.82. The molecule has 1 heterocycles. The maximum Gasteiger partial charge on any atom is 0.260 e. The number of sulfonamides is 1. The topological polar surface area (TPSA) is 70.2 Å². The van der Waals surface area contributed by atoms with Crippen molar-refractivity contribution in [2.75, 3.05) is 53.9 Å². The van der Waals surface area contributed by atoms with Crippen LogP contribution in [0.2, 0.25) is 0 Å². The fourth-order valence-corrected chi connectivity index (χ4v) is 3.11. The first-order chi connectivity index (χ1) is 10.8. The molecule has 0 saturated carbocycles. The molecule has 0 unspecified atom stereocenters. The van der Waals surface area contributed by atoms with Crippen LogP contribution in [0.1, 0.15) is 0 Å². The van der Waals surface area contributed by atoms with Crippen LogP contribution in [0.25, 0.3) is 0 Å². The molecule has 0 atom stereocenters. The fourth-order valence-electron chi connectivity index (χ4n) is 2.21. The quantitative estimate of drug-likeness (QED) is 0.759. The summed E-state index contributed by atoms with van der Waals surface area (Å²) in [7, 11) is 1.54. The Morgan fingerprint density at radius 2 is 1.70 bits per heavy atom. The maximum absolute atomic E-state index is 12.1. The zero-order chi connectivity index (χ0) is 17.0. The summed E-state index contributed by atoms with van der Waals surface area (Å²) in [6.45, 7) is 3.10. The van der Waals surface area contributed by atoms with Crippen molar-refractivity contribution >= 4 is 15.9 Å². The maximum atomic E-state index is 12.1. The Balaban J connectivity index is 1.90. The second-order valence-electron chi connectivity index (χ2n) is 5.73. The van der Waals surface area contributed by atoms with Gasteiger partial charge in [0, 0.05) is 40.3 Å². The lowest BCUT2D eigenvalue weighted by molar-refractivity contribution is -0.134. The number of likely N-dealkylation sites (N-methyl/N-ethyl adjacent to an activating group) is 1. The van der Waals surface area contributed by atoms with E-state index in [0.717, 1.165) is 17.4 Å². The number of hydrogen-bond acceptors (Lipinski definition) is 5. The van der Waals surface area contributed by atoms with Crippen molar-refractivity contribution in [1.29, 1.82) is 0 Å². The van der Waals surface area contributed by atoms with Gasteiger partial charge in [-0.25, -0.2) is 12.7 Å². The van der Waals surface area contributed by atoms with Gasteiger partial charge in [0.15, 0.2) is 6.61 Å². The second-order valence-corrected chi connectivity index (χ2v) is 7.88. The van der Waals surface area contributed by atoms with E-state index in [0.29, 0.717) is 18.8 Å². The Morgan fingerprint density at radius 3 is 2.22 bits per heavy atom. The molecular weight excluding hydrogens is 318 g/mol. The second kappa shape index (κ2) is 7.29. The highest BCUT2D eigenvalue weighted by molar-refractivity contribution is 7.89. The van der Waals surface area contributed by atoms with Crippen LogP contribution in [0.5, 0.6) is 5.75 Å². The first-order valence-electron chi connectivity index (χ1n) is 7.42. The van der Waals surface area contributed by atoms with Gasteiger partial charge in [0.25, 0.3) is 5.91 Å². The van der Waals surface area contributed by atoms with Gasteiger partial charge in [-0.2, -0.15) is 0 Å². The van der Waals surface area contributed by atoms with Gasteiger partial charge in [-0.15, -0.1) is 0 Å². The van der Waals surface area contributed by atoms with Gasteiger partial charge in [0.1, 0.15) is 5.75 Å². The molecule has 8 heteroatoms. The van der Waals surface area contributed by atoms with Gasteiger partial charge < -0.3 is 14.5 Å². The number of rotatable bonds is 5. The van der Waals surface area contributed by atoms with E-state index in [1.807, 2.05) is 7.05 Å². The average Bonchev–Trinajstić information content (AvgIpc) is 2.53. The summed E-state index contributed by atoms with van der Waals surface area (Å²) in [4.78, 5) is 16.2. The van der Waals surface area contributed by atoms with E-state index in [1.165, 1.54) is 26.2 Å². The molecule has 0 spiro atoms. The van der Waals surface area contributed by atoms with Gasteiger partial charge in [0.05, 0.1) is 4.90 Å². The number of carbonyl (C=O) groups excluding carboxylic acids is 1. The molecule has 1 saturated heterocycles. The van der Waals surface area contributed by atoms with Crippen molar-refractivity contribution in [1.82, 2.24) is 14.1 Å². The minimum absolute atomic E-state index is 0.0382. The van der Waals surface area contributed by atoms with Crippen molar-refractivity contribution in [3.8, 4) is 5.75 Å². The van der Waals surface area contributed by atoms with Crippen LogP contribution in [0.15, 0.2) is 29.2 Å². The average molecular weight is 341 g/mol. The Labute approximate surface area is 137 Å². The van der Waals surface area contributed by atoms with Crippen molar-refractivity contribution in [2.24, 2.45) is 0 Å². The molecule has 1 aliphatic heterocycles. The molecule has 23 heavy (non-hydrogen) atoms. The molecule has 1 amide bonds. The number of benzene rings is 1. The molecule has 1 aliphatic rings. The normalized spacial score (nSPS) is 16.6. The molecule has 0 aromatic heterocycles. The van der Waals surface area contributed by atoms with Crippen LogP contribution in [0.3, 0.4) is 0 Å². The van der Waals surface area contributed by atoms with Gasteiger partial charge in [-0.05, 0) is 31.3 Å². The number of hydrogen-bond donors (Lipinski definition) is 0. The van der Waals surface area contributed by atoms with Crippen molar-refractivity contribution in [2.45, 2.75) is 4.90 Å². The Hall–Kier alpha value is -1.64. The molecule has 1 fully saturated rings. The summed E-state index contributed by atoms with van der Waals surface area (Å²) >= 11 is 0. The number of carbonyl (C=O) groups is 1. The fraction of sp³-hybridized carbons (Fsp3) is 0.533. The van der Waals surface area contributed by atoms with Crippen LogP contribution in [0, 0.1) is 0 Å². The highest BCUT2D eigenvalue weighted by atomic mass is 32.2. The van der Waals surface area contributed by atoms with E-state index < -0.39 is 10.0 Å². The van der Waals surface area contributed by atoms with E-state index in [-0.39, 0.29) is 17.4 Å². The predicted molar refractivity (Wildman–Crippen MR) is 86.9 cm³/mol. The molecule has 1 aromatic rings. The lowest BCUT2D eigenvalue weighted by Gasteiger charge is -2.32. The molecular formula is C15H23N3O4S. The highest BCUT2D eigenvalue weighted by Gasteiger charge is 2.20. The summed E-state index contributed by atoms with van der Waals surface area (Å²) in [5, 5.41) is 0. The molecule has 1 aromatic carbocycles. The molecule has 0 aliphatic carbocycles. The summed E-state index contributed by atoms with van der Waals surface area (Å²) in [5.41, 5.74) is 0. The predicted octanol–water partition coefficient (Wildman–Crippen LogP) is 0.0897. The van der Waals surface area contributed by atoms with E-state index in [2.05, 4.69) is 4.90 Å². The standard InChI is InChI=1S/C15H23N3O4S/c1-16(2)23(20,21)14-6-4-13(5-7-14)22-12-15(19)18-10-8-17(3)9-11-18/h4-7H,8-12H2,1-3H3. The largest absolute Gasteiger partial charge is 0.484 e. The lowest BCUT2D eigenvalue weighted by Crippen LogP contribution is -2.48. The van der Waals surface area contributed by atoms with Crippen LogP contribution in [-0.2, 0) is 14.8 Å². The van der Waals surface area contributed by atoms with E-state index in [9.17, 15) is 13.2 Å². The monoisotopic (exact) mass is 341 g/mol. The highest BCUT2D eigenvalue weighted by Crippen LogP contribution is 2.18. The summed E-state index contributed by atoms with van der Waals surface area (Å²) in [5.74, 6) is 0.424. The first kappa shape index (κ1) is 17.7. The van der Waals surface area contributed by atoms with Crippen LogP contribution < -0.4 is 4.74 Å². The molecule has 0 bridgehead atoms. The van der Waals surface area contributed by atoms with E-state index in [4.69, 9.17) is 4.74 Å².